The lowest BCUT2D eigenvalue weighted by atomic mass is 10.3. The van der Waals surface area contributed by atoms with E-state index in [1.807, 2.05) is 72.7 Å². The Kier molecular flexibility index (Phi) is 10.5. The van der Waals surface area contributed by atoms with Gasteiger partial charge in [0.25, 0.3) is 0 Å². The second-order valence-corrected chi connectivity index (χ2v) is 3.12. The van der Waals surface area contributed by atoms with Crippen molar-refractivity contribution in [1.29, 1.82) is 10.8 Å². The summed E-state index contributed by atoms with van der Waals surface area (Å²) in [5, 5.41) is 13.0. The zero-order valence-electron chi connectivity index (χ0n) is 11.1. The van der Waals surface area contributed by atoms with E-state index in [0.717, 1.165) is 11.4 Å². The highest BCUT2D eigenvalue weighted by atomic mass is 14.7. The Labute approximate surface area is 118 Å². The first-order valence-corrected chi connectivity index (χ1v) is 5.72. The van der Waals surface area contributed by atoms with E-state index in [1.165, 1.54) is 0 Å². The van der Waals surface area contributed by atoms with Crippen molar-refractivity contribution in [3.8, 4) is 0 Å². The monoisotopic (exact) mass is 264 g/mol. The van der Waals surface area contributed by atoms with Crippen LogP contribution in [-0.2, 0) is 0 Å². The van der Waals surface area contributed by atoms with Crippen LogP contribution in [0, 0.1) is 10.8 Å². The van der Waals surface area contributed by atoms with Crippen LogP contribution in [0.5, 0.6) is 0 Å². The molecule has 0 heterocycles. The van der Waals surface area contributed by atoms with Crippen molar-refractivity contribution in [2.45, 2.75) is 0 Å². The van der Waals surface area contributed by atoms with E-state index in [0.29, 0.717) is 0 Å². The Bertz CT molecular complexity index is 512. The quantitative estimate of drug-likeness (QED) is 0.569. The molecule has 2 aromatic rings. The molecule has 0 saturated carbocycles. The number of nitrogens with one attached hydrogen (secondary N) is 2. The average Bonchev–Trinajstić information content (AvgIpc) is 2.53. The van der Waals surface area contributed by atoms with Gasteiger partial charge in [0.2, 0.25) is 0 Å². The third kappa shape index (κ3) is 8.09. The van der Waals surface area contributed by atoms with E-state index < -0.39 is 0 Å². The molecule has 100 valence electrons. The predicted molar refractivity (Wildman–Crippen MR) is 83.8 cm³/mol. The fourth-order valence-corrected chi connectivity index (χ4v) is 1.13. The number of benzene rings is 2. The highest BCUT2D eigenvalue weighted by molar-refractivity contribution is 5.49. The molecule has 0 atom stereocenters. The maximum absolute atomic E-state index is 6.52. The average molecular weight is 264 g/mol. The lowest BCUT2D eigenvalue weighted by Gasteiger charge is -1.83. The standard InChI is InChI=1S/2C7H6N2.C2H4/c2*8-6-9-7-4-2-1-3-5-7;1-2/h2*1-5,8H;1-2H2. The smallest absolute Gasteiger partial charge is 0.0918 e. The molecule has 0 fully saturated rings. The number of hydrogen-bond acceptors (Lipinski definition) is 4. The van der Waals surface area contributed by atoms with Crippen LogP contribution >= 0.6 is 0 Å². The summed E-state index contributed by atoms with van der Waals surface area (Å²) >= 11 is 0. The molecular formula is C16H16N4. The molecule has 0 saturated heterocycles. The first-order chi connectivity index (χ1) is 9.86. The van der Waals surface area contributed by atoms with Crippen LogP contribution < -0.4 is 0 Å². The molecule has 0 radical (unpaired) electrons. The maximum atomic E-state index is 6.52. The minimum absolute atomic E-state index is 0.771. The van der Waals surface area contributed by atoms with Gasteiger partial charge in [-0.15, -0.1) is 13.2 Å². The van der Waals surface area contributed by atoms with Gasteiger partial charge in [0, 0.05) is 0 Å². The van der Waals surface area contributed by atoms with Crippen molar-refractivity contribution in [3.05, 3.63) is 73.8 Å². The molecule has 4 heteroatoms. The Morgan fingerprint density at radius 1 is 0.650 bits per heavy atom. The van der Waals surface area contributed by atoms with Crippen LogP contribution in [0.15, 0.2) is 83.8 Å². The van der Waals surface area contributed by atoms with Gasteiger partial charge in [-0.25, -0.2) is 10.8 Å². The van der Waals surface area contributed by atoms with Gasteiger partial charge in [-0.3, -0.25) is 0 Å². The zero-order valence-corrected chi connectivity index (χ0v) is 11.1. The fourth-order valence-electron chi connectivity index (χ4n) is 1.13. The lowest BCUT2D eigenvalue weighted by Crippen LogP contribution is -1.58. The SMILES string of the molecule is C=C.N=C=Nc1ccccc1.N=C=Nc1ccccc1. The topological polar surface area (TPSA) is 72.4 Å². The first-order valence-electron chi connectivity index (χ1n) is 5.72. The second kappa shape index (κ2) is 12.4. The molecular weight excluding hydrogens is 248 g/mol. The van der Waals surface area contributed by atoms with Gasteiger partial charge in [0.15, 0.2) is 0 Å². The zero-order chi connectivity index (χ0) is 15.1. The first kappa shape index (κ1) is 16.9. The summed E-state index contributed by atoms with van der Waals surface area (Å²) in [6, 6.07) is 22.5. The number of aliphatic imine (C=N–C) groups is 2. The van der Waals surface area contributed by atoms with Crippen LogP contribution in [0.4, 0.5) is 11.4 Å². The molecule has 2 rings (SSSR count). The van der Waals surface area contributed by atoms with Crippen molar-refractivity contribution < 1.29 is 0 Å². The van der Waals surface area contributed by atoms with Gasteiger partial charge < -0.3 is 0 Å². The summed E-state index contributed by atoms with van der Waals surface area (Å²) in [6.07, 6.45) is 0. The van der Waals surface area contributed by atoms with E-state index in [-0.39, 0.29) is 0 Å². The summed E-state index contributed by atoms with van der Waals surface area (Å²) in [5.41, 5.74) is 1.54. The van der Waals surface area contributed by atoms with E-state index >= 15 is 0 Å². The van der Waals surface area contributed by atoms with Gasteiger partial charge in [-0.2, -0.15) is 9.98 Å². The van der Waals surface area contributed by atoms with Crippen molar-refractivity contribution in [1.82, 2.24) is 0 Å². The molecule has 0 bridgehead atoms. The van der Waals surface area contributed by atoms with E-state index in [2.05, 4.69) is 23.1 Å². The van der Waals surface area contributed by atoms with Crippen LogP contribution in [-0.4, -0.2) is 12.0 Å². The van der Waals surface area contributed by atoms with E-state index in [4.69, 9.17) is 10.8 Å². The van der Waals surface area contributed by atoms with E-state index in [1.54, 1.807) is 0 Å². The predicted octanol–water partition coefficient (Wildman–Crippen LogP) is 4.94. The molecule has 2 aromatic carbocycles. The highest BCUT2D eigenvalue weighted by Crippen LogP contribution is 2.07. The molecule has 0 aromatic heterocycles. The van der Waals surface area contributed by atoms with E-state index in [9.17, 15) is 0 Å². The van der Waals surface area contributed by atoms with Crippen LogP contribution in [0.1, 0.15) is 0 Å². The number of nitrogens with zero attached hydrogens (tertiary/aromatic N) is 2. The Hall–Kier alpha value is -3.06. The Morgan fingerprint density at radius 2 is 0.950 bits per heavy atom. The summed E-state index contributed by atoms with van der Waals surface area (Å²) in [4.78, 5) is 7.25. The summed E-state index contributed by atoms with van der Waals surface area (Å²) in [7, 11) is 0. The molecule has 0 aliphatic carbocycles. The summed E-state index contributed by atoms with van der Waals surface area (Å²) in [6.45, 7) is 6.00. The molecule has 0 aliphatic rings. The maximum Gasteiger partial charge on any atom is 0.0918 e. The molecule has 0 aliphatic heterocycles. The third-order valence-corrected chi connectivity index (χ3v) is 1.88. The summed E-state index contributed by atoms with van der Waals surface area (Å²) in [5.74, 6) is 0. The number of hydrogen-bond donors (Lipinski definition) is 2. The van der Waals surface area contributed by atoms with Crippen molar-refractivity contribution >= 4 is 23.4 Å². The molecule has 0 amide bonds. The third-order valence-electron chi connectivity index (χ3n) is 1.88. The minimum Gasteiger partial charge on any atom is -0.241 e. The molecule has 0 spiro atoms. The Balaban J connectivity index is 0.000000321. The van der Waals surface area contributed by atoms with Gasteiger partial charge in [-0.05, 0) is 24.3 Å². The highest BCUT2D eigenvalue weighted by Gasteiger charge is 1.79. The lowest BCUT2D eigenvalue weighted by molar-refractivity contribution is 1.49. The second-order valence-electron chi connectivity index (χ2n) is 3.12. The van der Waals surface area contributed by atoms with Crippen molar-refractivity contribution in [2.24, 2.45) is 9.98 Å². The van der Waals surface area contributed by atoms with Gasteiger partial charge in [0.05, 0.1) is 23.4 Å². The molecule has 20 heavy (non-hydrogen) atoms. The van der Waals surface area contributed by atoms with Gasteiger partial charge in [-0.1, -0.05) is 36.4 Å². The Morgan fingerprint density at radius 3 is 1.20 bits per heavy atom. The van der Waals surface area contributed by atoms with Gasteiger partial charge in [0.1, 0.15) is 0 Å². The largest absolute Gasteiger partial charge is 0.241 e. The number of rotatable bonds is 2. The normalized spacial score (nSPS) is 7.40. The summed E-state index contributed by atoms with van der Waals surface area (Å²) < 4.78 is 0. The molecule has 0 unspecified atom stereocenters. The molecule has 2 N–H and O–H groups in total. The van der Waals surface area contributed by atoms with Crippen LogP contribution in [0.25, 0.3) is 0 Å². The van der Waals surface area contributed by atoms with Crippen molar-refractivity contribution in [2.75, 3.05) is 0 Å². The minimum atomic E-state index is 0.771. The number of para-hydroxylation sites is 2. The van der Waals surface area contributed by atoms with Gasteiger partial charge >= 0.3 is 0 Å². The molecule has 4 nitrogen and oxygen atoms in total. The van der Waals surface area contributed by atoms with Crippen molar-refractivity contribution in [3.63, 3.8) is 0 Å². The fraction of sp³-hybridized carbons (Fsp3) is 0. The van der Waals surface area contributed by atoms with Crippen LogP contribution in [0.2, 0.25) is 0 Å². The van der Waals surface area contributed by atoms with Crippen LogP contribution in [0.3, 0.4) is 0 Å².